The predicted octanol–water partition coefficient (Wildman–Crippen LogP) is 4.38. The van der Waals surface area contributed by atoms with Crippen molar-refractivity contribution in [3.63, 3.8) is 0 Å². The fourth-order valence-corrected chi connectivity index (χ4v) is 4.92. The van der Waals surface area contributed by atoms with Gasteiger partial charge in [0, 0.05) is 13.1 Å². The maximum absolute atomic E-state index is 11.8. The van der Waals surface area contributed by atoms with Gasteiger partial charge >= 0.3 is 5.97 Å². The van der Waals surface area contributed by atoms with E-state index in [0.717, 1.165) is 51.7 Å². The number of aryl methyl sites for hydroxylation is 1. The summed E-state index contributed by atoms with van der Waals surface area (Å²) in [4.78, 5) is 14.2. The zero-order chi connectivity index (χ0) is 16.6. The van der Waals surface area contributed by atoms with E-state index in [1.807, 2.05) is 0 Å². The first-order chi connectivity index (χ1) is 11.7. The van der Waals surface area contributed by atoms with Crippen LogP contribution in [0, 0.1) is 11.3 Å². The highest BCUT2D eigenvalue weighted by molar-refractivity contribution is 5.86. The molecule has 1 heterocycles. The molecule has 134 valence electrons. The van der Waals surface area contributed by atoms with Gasteiger partial charge in [0.05, 0.1) is 5.41 Å². The summed E-state index contributed by atoms with van der Waals surface area (Å²) in [5.74, 6) is -0.200. The summed E-state index contributed by atoms with van der Waals surface area (Å²) >= 11 is 0. The van der Waals surface area contributed by atoms with Crippen molar-refractivity contribution in [2.45, 2.75) is 32.1 Å². The van der Waals surface area contributed by atoms with Crippen molar-refractivity contribution in [3.8, 4) is 0 Å². The van der Waals surface area contributed by atoms with Crippen LogP contribution in [0.25, 0.3) is 10.8 Å². The van der Waals surface area contributed by atoms with Crippen LogP contribution >= 0.6 is 12.4 Å². The van der Waals surface area contributed by atoms with Gasteiger partial charge in [-0.15, -0.1) is 12.4 Å². The smallest absolute Gasteiger partial charge is 0.311 e. The molecule has 0 amide bonds. The number of fused-ring (bicyclic) bond motifs is 2. The molecule has 0 radical (unpaired) electrons. The Balaban J connectivity index is 0.00000182. The second kappa shape index (κ2) is 7.35. The van der Waals surface area contributed by atoms with Gasteiger partial charge in [0.1, 0.15) is 0 Å². The Morgan fingerprint density at radius 3 is 2.80 bits per heavy atom. The minimum absolute atomic E-state index is 0. The largest absolute Gasteiger partial charge is 0.481 e. The van der Waals surface area contributed by atoms with E-state index in [4.69, 9.17) is 0 Å². The van der Waals surface area contributed by atoms with E-state index >= 15 is 0 Å². The molecule has 0 aromatic heterocycles. The molecule has 0 spiro atoms. The summed E-state index contributed by atoms with van der Waals surface area (Å²) < 4.78 is 0. The molecule has 2 fully saturated rings. The fourth-order valence-electron chi connectivity index (χ4n) is 4.92. The number of carboxylic acid groups (broad SMARTS) is 1. The maximum atomic E-state index is 11.8. The second-order valence-electron chi connectivity index (χ2n) is 7.53. The van der Waals surface area contributed by atoms with Gasteiger partial charge < -0.3 is 10.0 Å². The molecule has 4 rings (SSSR count). The highest BCUT2D eigenvalue weighted by Crippen LogP contribution is 2.48. The zero-order valence-corrected chi connectivity index (χ0v) is 15.3. The van der Waals surface area contributed by atoms with Crippen LogP contribution in [0.4, 0.5) is 0 Å². The zero-order valence-electron chi connectivity index (χ0n) is 14.5. The summed E-state index contributed by atoms with van der Waals surface area (Å²) in [5, 5.41) is 12.3. The molecule has 0 unspecified atom stereocenters. The van der Waals surface area contributed by atoms with Gasteiger partial charge in [-0.2, -0.15) is 0 Å². The molecule has 1 aliphatic carbocycles. The Hall–Kier alpha value is -1.58. The molecule has 1 saturated heterocycles. The molecular weight excluding hydrogens is 334 g/mol. The first-order valence-electron chi connectivity index (χ1n) is 9.11. The molecule has 25 heavy (non-hydrogen) atoms. The molecule has 4 heteroatoms. The van der Waals surface area contributed by atoms with Crippen LogP contribution in [-0.4, -0.2) is 35.6 Å². The number of hydrogen-bond donors (Lipinski definition) is 1. The molecular formula is C21H26ClNO2. The number of carboxylic acids is 1. The van der Waals surface area contributed by atoms with Crippen molar-refractivity contribution in [1.82, 2.24) is 4.90 Å². The van der Waals surface area contributed by atoms with Gasteiger partial charge in [0.25, 0.3) is 0 Å². The topological polar surface area (TPSA) is 40.5 Å². The lowest BCUT2D eigenvalue weighted by Crippen LogP contribution is -2.35. The summed E-state index contributed by atoms with van der Waals surface area (Å²) in [6.45, 7) is 2.74. The lowest BCUT2D eigenvalue weighted by molar-refractivity contribution is -0.149. The number of nitrogens with zero attached hydrogens (tertiary/aromatic N) is 1. The molecule has 1 N–H and O–H groups in total. The molecule has 2 aromatic carbocycles. The van der Waals surface area contributed by atoms with E-state index in [0.29, 0.717) is 5.92 Å². The quantitative estimate of drug-likeness (QED) is 0.861. The van der Waals surface area contributed by atoms with Crippen LogP contribution < -0.4 is 0 Å². The molecule has 1 saturated carbocycles. The van der Waals surface area contributed by atoms with Crippen LogP contribution in [0.3, 0.4) is 0 Å². The number of likely N-dealkylation sites (tertiary alicyclic amines) is 1. The summed E-state index contributed by atoms with van der Waals surface area (Å²) in [5.41, 5.74) is 0.958. The van der Waals surface area contributed by atoms with Crippen LogP contribution in [0.2, 0.25) is 0 Å². The normalized spacial score (nSPS) is 25.7. The Bertz CT molecular complexity index is 757. The average molecular weight is 360 g/mol. The van der Waals surface area contributed by atoms with Gasteiger partial charge in [0.2, 0.25) is 0 Å². The fraction of sp³-hybridized carbons (Fsp3) is 0.476. The third-order valence-corrected chi connectivity index (χ3v) is 6.17. The molecule has 2 aromatic rings. The molecule has 2 atom stereocenters. The van der Waals surface area contributed by atoms with Gasteiger partial charge in [0.15, 0.2) is 0 Å². The van der Waals surface area contributed by atoms with Crippen LogP contribution in [0.1, 0.15) is 31.2 Å². The van der Waals surface area contributed by atoms with E-state index < -0.39 is 11.4 Å². The summed E-state index contributed by atoms with van der Waals surface area (Å²) in [6, 6.07) is 15.1. The van der Waals surface area contributed by atoms with Crippen molar-refractivity contribution in [1.29, 1.82) is 0 Å². The standard InChI is InChI=1S/C21H25NO2.ClH/c23-20(24)21-12-4-10-18(21)14-22(15-21)13-5-9-17-8-3-7-16-6-1-2-11-19(16)17;/h1-3,6-8,11,18H,4-5,9-10,12-15H2,(H,23,24);1H/t18-,21+;/m0./s1. The Morgan fingerprint density at radius 2 is 2.00 bits per heavy atom. The van der Waals surface area contributed by atoms with E-state index in [9.17, 15) is 9.90 Å². The number of hydrogen-bond acceptors (Lipinski definition) is 2. The number of rotatable bonds is 5. The highest BCUT2D eigenvalue weighted by Gasteiger charge is 2.54. The first-order valence-corrected chi connectivity index (χ1v) is 9.11. The van der Waals surface area contributed by atoms with Gasteiger partial charge in [-0.25, -0.2) is 0 Å². The van der Waals surface area contributed by atoms with E-state index in [2.05, 4.69) is 47.4 Å². The monoisotopic (exact) mass is 359 g/mol. The molecule has 3 nitrogen and oxygen atoms in total. The van der Waals surface area contributed by atoms with Crippen molar-refractivity contribution < 1.29 is 9.90 Å². The Morgan fingerprint density at radius 1 is 1.20 bits per heavy atom. The highest BCUT2D eigenvalue weighted by atomic mass is 35.5. The van der Waals surface area contributed by atoms with Gasteiger partial charge in [-0.3, -0.25) is 4.79 Å². The number of aliphatic carboxylic acids is 1. The Kier molecular flexibility index (Phi) is 5.35. The van der Waals surface area contributed by atoms with E-state index in [1.54, 1.807) is 0 Å². The van der Waals surface area contributed by atoms with Crippen LogP contribution in [0.5, 0.6) is 0 Å². The summed E-state index contributed by atoms with van der Waals surface area (Å²) in [6.07, 6.45) is 5.19. The number of halogens is 1. The second-order valence-corrected chi connectivity index (χ2v) is 7.53. The maximum Gasteiger partial charge on any atom is 0.311 e. The van der Waals surface area contributed by atoms with Crippen LogP contribution in [0.15, 0.2) is 42.5 Å². The average Bonchev–Trinajstić information content (AvgIpc) is 3.13. The minimum atomic E-state index is -0.568. The molecule has 1 aliphatic heterocycles. The van der Waals surface area contributed by atoms with Crippen molar-refractivity contribution in [3.05, 3.63) is 48.0 Å². The minimum Gasteiger partial charge on any atom is -0.481 e. The third kappa shape index (κ3) is 3.28. The van der Waals surface area contributed by atoms with Crippen molar-refractivity contribution in [2.24, 2.45) is 11.3 Å². The Labute approximate surface area is 155 Å². The van der Waals surface area contributed by atoms with Gasteiger partial charge in [-0.1, -0.05) is 48.9 Å². The summed E-state index contributed by atoms with van der Waals surface area (Å²) in [7, 11) is 0. The predicted molar refractivity (Wildman–Crippen MR) is 103 cm³/mol. The molecule has 0 bridgehead atoms. The van der Waals surface area contributed by atoms with Crippen LogP contribution in [-0.2, 0) is 11.2 Å². The van der Waals surface area contributed by atoms with Gasteiger partial charge in [-0.05, 0) is 54.5 Å². The van der Waals surface area contributed by atoms with Crippen molar-refractivity contribution >= 4 is 29.1 Å². The van der Waals surface area contributed by atoms with E-state index in [-0.39, 0.29) is 12.4 Å². The lowest BCUT2D eigenvalue weighted by atomic mass is 9.81. The molecule has 2 aliphatic rings. The number of carbonyl (C=O) groups is 1. The number of benzene rings is 2. The van der Waals surface area contributed by atoms with E-state index in [1.165, 1.54) is 16.3 Å². The third-order valence-electron chi connectivity index (χ3n) is 6.17. The van der Waals surface area contributed by atoms with Crippen molar-refractivity contribution in [2.75, 3.05) is 19.6 Å². The SMILES string of the molecule is Cl.O=C(O)[C@@]12CCC[C@H]1CN(CCCc1cccc3ccccc13)C2. The first kappa shape index (κ1) is 18.2. The lowest BCUT2D eigenvalue weighted by Gasteiger charge is -2.23.